The van der Waals surface area contributed by atoms with Gasteiger partial charge < -0.3 is 10.1 Å². The van der Waals surface area contributed by atoms with Crippen LogP contribution >= 0.6 is 0 Å². The molecule has 0 aromatic heterocycles. The summed E-state index contributed by atoms with van der Waals surface area (Å²) in [6.45, 7) is 4.27. The number of hydrogen-bond donors (Lipinski definition) is 1. The summed E-state index contributed by atoms with van der Waals surface area (Å²) >= 11 is 0. The number of methoxy groups -OCH3 is 1. The van der Waals surface area contributed by atoms with Gasteiger partial charge in [0.25, 0.3) is 5.91 Å². The lowest BCUT2D eigenvalue weighted by Gasteiger charge is -2.26. The molecule has 2 aromatic carbocycles. The molecule has 1 amide bonds. The predicted molar refractivity (Wildman–Crippen MR) is 94.0 cm³/mol. The summed E-state index contributed by atoms with van der Waals surface area (Å²) in [5.74, 6) is -0.269. The Kier molecular flexibility index (Phi) is 6.08. The second kappa shape index (κ2) is 7.91. The van der Waals surface area contributed by atoms with Gasteiger partial charge in [0.05, 0.1) is 12.2 Å². The molecule has 0 saturated heterocycles. The third-order valence-electron chi connectivity index (χ3n) is 4.19. The fourth-order valence-electron chi connectivity index (χ4n) is 2.54. The predicted octanol–water partition coefficient (Wildman–Crippen LogP) is 4.56. The molecule has 0 saturated carbocycles. The average Bonchev–Trinajstić information content (AvgIpc) is 2.60. The van der Waals surface area contributed by atoms with Gasteiger partial charge in [-0.1, -0.05) is 44.2 Å². The van der Waals surface area contributed by atoms with Gasteiger partial charge in [0.2, 0.25) is 0 Å². The van der Waals surface area contributed by atoms with Crippen molar-refractivity contribution in [1.29, 1.82) is 0 Å². The highest BCUT2D eigenvalue weighted by Gasteiger charge is 2.32. The zero-order valence-corrected chi connectivity index (χ0v) is 15.0. The lowest BCUT2D eigenvalue weighted by Crippen LogP contribution is -2.36. The fourth-order valence-corrected chi connectivity index (χ4v) is 2.54. The first-order valence-electron chi connectivity index (χ1n) is 8.17. The average molecular weight is 365 g/mol. The van der Waals surface area contributed by atoms with Gasteiger partial charge in [-0.05, 0) is 29.3 Å². The number of nitrogens with one attached hydrogen (secondary N) is 1. The maximum absolute atomic E-state index is 12.9. The first-order valence-corrected chi connectivity index (χ1v) is 8.17. The molecule has 0 aliphatic carbocycles. The molecule has 0 heterocycles. The molecule has 0 atom stereocenters. The summed E-state index contributed by atoms with van der Waals surface area (Å²) in [5, 5.41) is 2.80. The molecule has 2 aromatic rings. The number of amides is 1. The maximum atomic E-state index is 12.9. The number of carbonyl (C=O) groups is 1. The second-order valence-corrected chi connectivity index (χ2v) is 6.78. The van der Waals surface area contributed by atoms with Crippen molar-refractivity contribution in [3.63, 3.8) is 0 Å². The molecule has 0 fully saturated rings. The monoisotopic (exact) mass is 365 g/mol. The van der Waals surface area contributed by atoms with Crippen molar-refractivity contribution >= 4 is 5.91 Å². The zero-order valence-electron chi connectivity index (χ0n) is 15.0. The lowest BCUT2D eigenvalue weighted by molar-refractivity contribution is -0.137. The smallest absolute Gasteiger partial charge is 0.380 e. The number of ether oxygens (including phenoxy) is 1. The molecule has 140 valence electrons. The molecule has 0 radical (unpaired) electrons. The van der Waals surface area contributed by atoms with E-state index >= 15 is 0 Å². The molecule has 0 spiro atoms. The summed E-state index contributed by atoms with van der Waals surface area (Å²) < 4.78 is 43.7. The summed E-state index contributed by atoms with van der Waals surface area (Å²) in [6, 6.07) is 12.2. The van der Waals surface area contributed by atoms with Gasteiger partial charge >= 0.3 is 6.18 Å². The van der Waals surface area contributed by atoms with E-state index in [1.54, 1.807) is 51.3 Å². The Balaban J connectivity index is 2.06. The van der Waals surface area contributed by atoms with Gasteiger partial charge in [0.15, 0.2) is 0 Å². The van der Waals surface area contributed by atoms with Crippen LogP contribution in [-0.4, -0.2) is 19.6 Å². The van der Waals surface area contributed by atoms with Crippen LogP contribution in [0, 0.1) is 0 Å². The SMILES string of the molecule is COCc1ccc(C(=O)NCC(C)(C)c2cccc(C(F)(F)F)c2)cc1. The van der Waals surface area contributed by atoms with Crippen molar-refractivity contribution in [2.75, 3.05) is 13.7 Å². The highest BCUT2D eigenvalue weighted by Crippen LogP contribution is 2.32. The first kappa shape index (κ1) is 20.0. The fraction of sp³-hybridized carbons (Fsp3) is 0.350. The third-order valence-corrected chi connectivity index (χ3v) is 4.19. The first-order chi connectivity index (χ1) is 12.1. The second-order valence-electron chi connectivity index (χ2n) is 6.78. The van der Waals surface area contributed by atoms with Crippen molar-refractivity contribution in [3.8, 4) is 0 Å². The number of rotatable bonds is 6. The minimum Gasteiger partial charge on any atom is -0.380 e. The topological polar surface area (TPSA) is 38.3 Å². The normalized spacial score (nSPS) is 12.1. The largest absolute Gasteiger partial charge is 0.416 e. The summed E-state index contributed by atoms with van der Waals surface area (Å²) in [5.41, 5.74) is 0.622. The van der Waals surface area contributed by atoms with Gasteiger partial charge in [0.1, 0.15) is 0 Å². The van der Waals surface area contributed by atoms with Gasteiger partial charge in [-0.2, -0.15) is 13.2 Å². The Morgan fingerprint density at radius 2 is 1.65 bits per heavy atom. The Morgan fingerprint density at radius 1 is 1.04 bits per heavy atom. The Bertz CT molecular complexity index is 752. The molecule has 0 unspecified atom stereocenters. The minimum absolute atomic E-state index is 0.215. The van der Waals surface area contributed by atoms with Crippen molar-refractivity contribution in [2.24, 2.45) is 0 Å². The van der Waals surface area contributed by atoms with Crippen molar-refractivity contribution in [2.45, 2.75) is 32.0 Å². The van der Waals surface area contributed by atoms with E-state index in [1.165, 1.54) is 6.07 Å². The van der Waals surface area contributed by atoms with E-state index in [4.69, 9.17) is 4.74 Å². The molecule has 2 rings (SSSR count). The molecule has 26 heavy (non-hydrogen) atoms. The van der Waals surface area contributed by atoms with Crippen LogP contribution in [0.5, 0.6) is 0 Å². The van der Waals surface area contributed by atoms with E-state index in [9.17, 15) is 18.0 Å². The molecule has 0 bridgehead atoms. The van der Waals surface area contributed by atoms with Gasteiger partial charge in [-0.15, -0.1) is 0 Å². The molecular formula is C20H22F3NO2. The van der Waals surface area contributed by atoms with Crippen LogP contribution in [0.1, 0.15) is 40.9 Å². The van der Waals surface area contributed by atoms with Crippen molar-refractivity contribution < 1.29 is 22.7 Å². The number of alkyl halides is 3. The highest BCUT2D eigenvalue weighted by atomic mass is 19.4. The third kappa shape index (κ3) is 5.08. The van der Waals surface area contributed by atoms with Gasteiger partial charge in [0, 0.05) is 24.6 Å². The maximum Gasteiger partial charge on any atom is 0.416 e. The Morgan fingerprint density at radius 3 is 2.23 bits per heavy atom. The van der Waals surface area contributed by atoms with Crippen LogP contribution in [0.25, 0.3) is 0 Å². The van der Waals surface area contributed by atoms with Crippen LogP contribution in [-0.2, 0) is 22.9 Å². The van der Waals surface area contributed by atoms with E-state index in [1.807, 2.05) is 0 Å². The number of halogens is 3. The number of carbonyl (C=O) groups excluding carboxylic acids is 1. The van der Waals surface area contributed by atoms with Crippen LogP contribution in [0.2, 0.25) is 0 Å². The van der Waals surface area contributed by atoms with E-state index in [0.29, 0.717) is 17.7 Å². The summed E-state index contributed by atoms with van der Waals surface area (Å²) in [7, 11) is 1.59. The van der Waals surface area contributed by atoms with Gasteiger partial charge in [-0.3, -0.25) is 4.79 Å². The zero-order chi connectivity index (χ0) is 19.4. The quantitative estimate of drug-likeness (QED) is 0.815. The molecular weight excluding hydrogens is 343 g/mol. The van der Waals surface area contributed by atoms with E-state index in [0.717, 1.165) is 17.7 Å². The Labute approximate surface area is 151 Å². The lowest BCUT2D eigenvalue weighted by atomic mass is 9.83. The Hall–Kier alpha value is -2.34. The molecule has 6 heteroatoms. The van der Waals surface area contributed by atoms with Crippen LogP contribution < -0.4 is 5.32 Å². The van der Waals surface area contributed by atoms with Crippen molar-refractivity contribution in [3.05, 3.63) is 70.8 Å². The van der Waals surface area contributed by atoms with E-state index < -0.39 is 17.2 Å². The van der Waals surface area contributed by atoms with Crippen molar-refractivity contribution in [1.82, 2.24) is 5.32 Å². The molecule has 1 N–H and O–H groups in total. The van der Waals surface area contributed by atoms with Gasteiger partial charge in [-0.25, -0.2) is 0 Å². The van der Waals surface area contributed by atoms with Crippen LogP contribution in [0.4, 0.5) is 13.2 Å². The molecule has 0 aliphatic rings. The van der Waals surface area contributed by atoms with E-state index in [2.05, 4.69) is 5.32 Å². The number of benzene rings is 2. The molecule has 0 aliphatic heterocycles. The van der Waals surface area contributed by atoms with Crippen LogP contribution in [0.15, 0.2) is 48.5 Å². The summed E-state index contributed by atoms with van der Waals surface area (Å²) in [6.07, 6.45) is -4.39. The molecule has 3 nitrogen and oxygen atoms in total. The summed E-state index contributed by atoms with van der Waals surface area (Å²) in [4.78, 5) is 12.3. The van der Waals surface area contributed by atoms with Crippen LogP contribution in [0.3, 0.4) is 0 Å². The standard InChI is InChI=1S/C20H22F3NO2/c1-19(2,16-5-4-6-17(11-16)20(21,22)23)13-24-18(25)15-9-7-14(8-10-15)12-26-3/h4-11H,12-13H2,1-3H3,(H,24,25). The van der Waals surface area contributed by atoms with E-state index in [-0.39, 0.29) is 12.5 Å². The number of hydrogen-bond acceptors (Lipinski definition) is 2. The minimum atomic E-state index is -4.39. The highest BCUT2D eigenvalue weighted by molar-refractivity contribution is 5.94.